The number of carbonyl (C=O) groups excluding carboxylic acids is 1. The number of rotatable bonds is 6. The van der Waals surface area contributed by atoms with Crippen LogP contribution in [-0.4, -0.2) is 23.8 Å². The van der Waals surface area contributed by atoms with E-state index in [4.69, 9.17) is 4.42 Å². The Kier molecular flexibility index (Phi) is 5.89. The molecule has 5 heteroatoms. The van der Waals surface area contributed by atoms with Crippen LogP contribution in [0.1, 0.15) is 44.8 Å². The average Bonchev–Trinajstić information content (AvgIpc) is 2.74. The molecule has 1 rings (SSSR count). The highest BCUT2D eigenvalue weighted by atomic mass is 16.3. The smallest absolute Gasteiger partial charge is 0.315 e. The summed E-state index contributed by atoms with van der Waals surface area (Å²) in [5, 5.41) is 14.8. The van der Waals surface area contributed by atoms with Crippen molar-refractivity contribution >= 4 is 6.03 Å². The van der Waals surface area contributed by atoms with Gasteiger partial charge < -0.3 is 20.2 Å². The summed E-state index contributed by atoms with van der Waals surface area (Å²) in [5.41, 5.74) is 0. The van der Waals surface area contributed by atoms with Gasteiger partial charge in [-0.1, -0.05) is 13.8 Å². The van der Waals surface area contributed by atoms with E-state index in [0.29, 0.717) is 5.92 Å². The second kappa shape index (κ2) is 7.19. The molecule has 0 aliphatic carbocycles. The Morgan fingerprint density at radius 3 is 2.47 bits per heavy atom. The summed E-state index contributed by atoms with van der Waals surface area (Å²) in [7, 11) is 0. The van der Waals surface area contributed by atoms with E-state index in [1.165, 1.54) is 0 Å². The number of hydrogen-bond donors (Lipinski definition) is 3. The van der Waals surface area contributed by atoms with Crippen LogP contribution >= 0.6 is 0 Å². The summed E-state index contributed by atoms with van der Waals surface area (Å²) in [4.78, 5) is 11.8. The van der Waals surface area contributed by atoms with Gasteiger partial charge in [-0.2, -0.15) is 0 Å². The lowest BCUT2D eigenvalue weighted by atomic mass is 10.0. The fraction of sp³-hybridized carbons (Fsp3) is 0.643. The highest BCUT2D eigenvalue weighted by Crippen LogP contribution is 2.15. The van der Waals surface area contributed by atoms with Crippen molar-refractivity contribution in [1.82, 2.24) is 10.6 Å². The first-order valence-corrected chi connectivity index (χ1v) is 6.66. The predicted octanol–water partition coefficient (Wildman–Crippen LogP) is 2.36. The molecule has 0 saturated carbocycles. The molecule has 0 saturated heterocycles. The van der Waals surface area contributed by atoms with Crippen molar-refractivity contribution in [2.75, 3.05) is 6.61 Å². The topological polar surface area (TPSA) is 74.5 Å². The zero-order chi connectivity index (χ0) is 14.4. The molecule has 0 bridgehead atoms. The lowest BCUT2D eigenvalue weighted by Crippen LogP contribution is -2.45. The Balaban J connectivity index is 2.45. The first-order chi connectivity index (χ1) is 8.92. The minimum atomic E-state index is -0.291. The maximum absolute atomic E-state index is 11.8. The molecule has 0 radical (unpaired) electrons. The van der Waals surface area contributed by atoms with Gasteiger partial charge in [-0.3, -0.25) is 0 Å². The maximum atomic E-state index is 11.8. The minimum Gasteiger partial charge on any atom is -0.464 e. The molecule has 108 valence electrons. The fourth-order valence-corrected chi connectivity index (χ4v) is 1.93. The summed E-state index contributed by atoms with van der Waals surface area (Å²) >= 11 is 0. The molecule has 19 heavy (non-hydrogen) atoms. The molecule has 0 spiro atoms. The SMILES string of the molecule is Cc1ccc(C(C)NC(=O)NC(CO)CC(C)C)o1. The van der Waals surface area contributed by atoms with Crippen LogP contribution in [0.5, 0.6) is 0 Å². The van der Waals surface area contributed by atoms with Crippen molar-refractivity contribution in [2.45, 2.75) is 46.2 Å². The quantitative estimate of drug-likeness (QED) is 0.741. The molecule has 0 fully saturated rings. The Morgan fingerprint density at radius 2 is 2.00 bits per heavy atom. The average molecular weight is 268 g/mol. The van der Waals surface area contributed by atoms with Crippen molar-refractivity contribution in [3.63, 3.8) is 0 Å². The first kappa shape index (κ1) is 15.6. The van der Waals surface area contributed by atoms with Crippen LogP contribution in [0, 0.1) is 12.8 Å². The predicted molar refractivity (Wildman–Crippen MR) is 73.9 cm³/mol. The van der Waals surface area contributed by atoms with Gasteiger partial charge in [0.25, 0.3) is 0 Å². The Bertz CT molecular complexity index is 401. The third kappa shape index (κ3) is 5.34. The highest BCUT2D eigenvalue weighted by molar-refractivity contribution is 5.74. The molecule has 5 nitrogen and oxygen atoms in total. The molecule has 3 N–H and O–H groups in total. The van der Waals surface area contributed by atoms with E-state index in [1.54, 1.807) is 0 Å². The number of amides is 2. The van der Waals surface area contributed by atoms with Crippen molar-refractivity contribution in [3.8, 4) is 0 Å². The number of carbonyl (C=O) groups is 1. The van der Waals surface area contributed by atoms with E-state index in [2.05, 4.69) is 24.5 Å². The van der Waals surface area contributed by atoms with Crippen LogP contribution in [0.4, 0.5) is 4.79 Å². The molecule has 0 aliphatic heterocycles. The van der Waals surface area contributed by atoms with Crippen molar-refractivity contribution in [2.24, 2.45) is 5.92 Å². The fourth-order valence-electron chi connectivity index (χ4n) is 1.93. The van der Waals surface area contributed by atoms with E-state index < -0.39 is 0 Å². The third-order valence-electron chi connectivity index (χ3n) is 2.85. The Hall–Kier alpha value is -1.49. The van der Waals surface area contributed by atoms with E-state index in [-0.39, 0.29) is 24.7 Å². The number of furan rings is 1. The van der Waals surface area contributed by atoms with Gasteiger partial charge >= 0.3 is 6.03 Å². The zero-order valence-corrected chi connectivity index (χ0v) is 12.1. The third-order valence-corrected chi connectivity index (χ3v) is 2.85. The van der Waals surface area contributed by atoms with Gasteiger partial charge in [-0.25, -0.2) is 4.79 Å². The number of urea groups is 1. The molecule has 1 aromatic rings. The molecule has 2 amide bonds. The number of aliphatic hydroxyl groups excluding tert-OH is 1. The summed E-state index contributed by atoms with van der Waals surface area (Å²) in [5.74, 6) is 1.96. The number of hydrogen-bond acceptors (Lipinski definition) is 3. The maximum Gasteiger partial charge on any atom is 0.315 e. The van der Waals surface area contributed by atoms with Crippen molar-refractivity contribution in [3.05, 3.63) is 23.7 Å². The van der Waals surface area contributed by atoms with Crippen LogP contribution in [0.15, 0.2) is 16.5 Å². The Morgan fingerprint density at radius 1 is 1.32 bits per heavy atom. The van der Waals surface area contributed by atoms with E-state index >= 15 is 0 Å². The van der Waals surface area contributed by atoms with Crippen LogP contribution in [0.25, 0.3) is 0 Å². The van der Waals surface area contributed by atoms with Crippen LogP contribution in [0.2, 0.25) is 0 Å². The number of nitrogens with one attached hydrogen (secondary N) is 2. The van der Waals surface area contributed by atoms with Gasteiger partial charge in [0.05, 0.1) is 18.7 Å². The van der Waals surface area contributed by atoms with Crippen LogP contribution < -0.4 is 10.6 Å². The van der Waals surface area contributed by atoms with E-state index in [9.17, 15) is 9.90 Å². The summed E-state index contributed by atoms with van der Waals surface area (Å²) in [6.45, 7) is 7.77. The summed E-state index contributed by atoms with van der Waals surface area (Å²) < 4.78 is 5.45. The number of aliphatic hydroxyl groups is 1. The van der Waals surface area contributed by atoms with Crippen molar-refractivity contribution in [1.29, 1.82) is 0 Å². The van der Waals surface area contributed by atoms with Crippen LogP contribution in [-0.2, 0) is 0 Å². The van der Waals surface area contributed by atoms with Gasteiger partial charge in [0.1, 0.15) is 11.5 Å². The highest BCUT2D eigenvalue weighted by Gasteiger charge is 2.16. The lowest BCUT2D eigenvalue weighted by Gasteiger charge is -2.20. The Labute approximate surface area is 114 Å². The molecule has 2 unspecified atom stereocenters. The van der Waals surface area contributed by atoms with Gasteiger partial charge in [0, 0.05) is 0 Å². The normalized spacial score (nSPS) is 14.2. The summed E-state index contributed by atoms with van der Waals surface area (Å²) in [6, 6.07) is 3.00. The number of aryl methyl sites for hydroxylation is 1. The zero-order valence-electron chi connectivity index (χ0n) is 12.1. The first-order valence-electron chi connectivity index (χ1n) is 6.66. The molecule has 1 heterocycles. The van der Waals surface area contributed by atoms with Gasteiger partial charge in [-0.15, -0.1) is 0 Å². The lowest BCUT2D eigenvalue weighted by molar-refractivity contribution is 0.204. The molecular weight excluding hydrogens is 244 g/mol. The van der Waals surface area contributed by atoms with E-state index in [1.807, 2.05) is 26.0 Å². The molecule has 0 aliphatic rings. The minimum absolute atomic E-state index is 0.0557. The van der Waals surface area contributed by atoms with Crippen LogP contribution in [0.3, 0.4) is 0 Å². The standard InChI is InChI=1S/C14H24N2O3/c1-9(2)7-12(8-17)16-14(18)15-11(4)13-6-5-10(3)19-13/h5-6,9,11-12,17H,7-8H2,1-4H3,(H2,15,16,18). The molecule has 0 aromatic carbocycles. The second-order valence-electron chi connectivity index (χ2n) is 5.30. The largest absolute Gasteiger partial charge is 0.464 e. The molecule has 2 atom stereocenters. The molecular formula is C14H24N2O3. The van der Waals surface area contributed by atoms with E-state index in [0.717, 1.165) is 17.9 Å². The van der Waals surface area contributed by atoms with Gasteiger partial charge in [-0.05, 0) is 38.3 Å². The monoisotopic (exact) mass is 268 g/mol. The van der Waals surface area contributed by atoms with Gasteiger partial charge in [0.2, 0.25) is 0 Å². The van der Waals surface area contributed by atoms with Crippen molar-refractivity contribution < 1.29 is 14.3 Å². The molecule has 1 aromatic heterocycles. The van der Waals surface area contributed by atoms with Gasteiger partial charge in [0.15, 0.2) is 0 Å². The summed E-state index contributed by atoms with van der Waals surface area (Å²) in [6.07, 6.45) is 0.748. The second-order valence-corrected chi connectivity index (χ2v) is 5.30.